The van der Waals surface area contributed by atoms with E-state index in [9.17, 15) is 18.8 Å². The SMILES string of the molecule is O=C1NC(=O)N(Cc2ccc(F)cc2)C(=O)/C1=C/c1ccc(N2CCCC2)cc1. The van der Waals surface area contributed by atoms with Gasteiger partial charge in [-0.15, -0.1) is 0 Å². The first-order valence-electron chi connectivity index (χ1n) is 9.49. The van der Waals surface area contributed by atoms with Crippen LogP contribution in [-0.2, 0) is 16.1 Å². The second-order valence-corrected chi connectivity index (χ2v) is 7.12. The van der Waals surface area contributed by atoms with Crippen LogP contribution < -0.4 is 10.2 Å². The Hall–Kier alpha value is -3.48. The van der Waals surface area contributed by atoms with Crippen molar-refractivity contribution in [3.8, 4) is 0 Å². The Morgan fingerprint density at radius 3 is 2.24 bits per heavy atom. The van der Waals surface area contributed by atoms with Crippen LogP contribution in [0.25, 0.3) is 6.08 Å². The molecule has 1 N–H and O–H groups in total. The van der Waals surface area contributed by atoms with E-state index in [1.54, 1.807) is 0 Å². The number of nitrogens with zero attached hydrogens (tertiary/aromatic N) is 2. The molecule has 2 aromatic carbocycles. The smallest absolute Gasteiger partial charge is 0.331 e. The average molecular weight is 393 g/mol. The fourth-order valence-electron chi connectivity index (χ4n) is 3.53. The van der Waals surface area contributed by atoms with E-state index in [-0.39, 0.29) is 12.1 Å². The minimum absolute atomic E-state index is 0.0521. The van der Waals surface area contributed by atoms with Crippen molar-refractivity contribution < 1.29 is 18.8 Å². The highest BCUT2D eigenvalue weighted by molar-refractivity contribution is 6.30. The molecule has 2 saturated heterocycles. The van der Waals surface area contributed by atoms with Crippen molar-refractivity contribution >= 4 is 29.6 Å². The molecule has 0 bridgehead atoms. The number of urea groups is 1. The van der Waals surface area contributed by atoms with Gasteiger partial charge in [0.1, 0.15) is 11.4 Å². The number of nitrogens with one attached hydrogen (secondary N) is 1. The van der Waals surface area contributed by atoms with E-state index < -0.39 is 23.7 Å². The van der Waals surface area contributed by atoms with Crippen LogP contribution in [0.15, 0.2) is 54.1 Å². The molecule has 0 aromatic heterocycles. The third-order valence-electron chi connectivity index (χ3n) is 5.12. The summed E-state index contributed by atoms with van der Waals surface area (Å²) < 4.78 is 13.1. The van der Waals surface area contributed by atoms with Crippen molar-refractivity contribution in [2.75, 3.05) is 18.0 Å². The van der Waals surface area contributed by atoms with Gasteiger partial charge in [0, 0.05) is 18.8 Å². The molecule has 6 nitrogen and oxygen atoms in total. The molecule has 29 heavy (non-hydrogen) atoms. The minimum atomic E-state index is -0.786. The molecule has 7 heteroatoms. The highest BCUT2D eigenvalue weighted by atomic mass is 19.1. The first kappa shape index (κ1) is 18.9. The Kier molecular flexibility index (Phi) is 5.12. The van der Waals surface area contributed by atoms with Crippen LogP contribution in [0.3, 0.4) is 0 Å². The van der Waals surface area contributed by atoms with Gasteiger partial charge in [-0.1, -0.05) is 24.3 Å². The van der Waals surface area contributed by atoms with Gasteiger partial charge in [0.2, 0.25) is 0 Å². The fourth-order valence-corrected chi connectivity index (χ4v) is 3.53. The van der Waals surface area contributed by atoms with Crippen LogP contribution in [0, 0.1) is 5.82 Å². The fraction of sp³-hybridized carbons (Fsp3) is 0.227. The maximum absolute atomic E-state index is 13.1. The van der Waals surface area contributed by atoms with Crippen molar-refractivity contribution in [2.24, 2.45) is 0 Å². The highest BCUT2D eigenvalue weighted by Gasteiger charge is 2.35. The average Bonchev–Trinajstić information content (AvgIpc) is 3.25. The van der Waals surface area contributed by atoms with Crippen LogP contribution in [0.4, 0.5) is 14.9 Å². The van der Waals surface area contributed by atoms with Gasteiger partial charge in [0.25, 0.3) is 11.8 Å². The molecule has 0 saturated carbocycles. The molecule has 0 unspecified atom stereocenters. The molecule has 2 aliphatic heterocycles. The Labute approximate surface area is 167 Å². The largest absolute Gasteiger partial charge is 0.372 e. The van der Waals surface area contributed by atoms with Crippen molar-refractivity contribution in [2.45, 2.75) is 19.4 Å². The monoisotopic (exact) mass is 393 g/mol. The summed E-state index contributed by atoms with van der Waals surface area (Å²) in [6.45, 7) is 2.01. The number of benzene rings is 2. The lowest BCUT2D eigenvalue weighted by Crippen LogP contribution is -2.53. The van der Waals surface area contributed by atoms with Gasteiger partial charge in [0.05, 0.1) is 6.54 Å². The lowest BCUT2D eigenvalue weighted by molar-refractivity contribution is -0.130. The van der Waals surface area contributed by atoms with E-state index in [0.29, 0.717) is 11.1 Å². The number of barbiturate groups is 1. The number of amides is 4. The molecule has 2 aliphatic rings. The molecule has 0 radical (unpaired) electrons. The second kappa shape index (κ2) is 7.87. The van der Waals surface area contributed by atoms with E-state index in [0.717, 1.165) is 23.7 Å². The number of rotatable bonds is 4. The van der Waals surface area contributed by atoms with Gasteiger partial charge in [-0.05, 0) is 54.3 Å². The van der Waals surface area contributed by atoms with Crippen LogP contribution in [0.5, 0.6) is 0 Å². The molecule has 4 amide bonds. The zero-order chi connectivity index (χ0) is 20.4. The Morgan fingerprint density at radius 2 is 1.59 bits per heavy atom. The van der Waals surface area contributed by atoms with Crippen molar-refractivity contribution in [1.82, 2.24) is 10.2 Å². The normalized spacial score (nSPS) is 18.5. The van der Waals surface area contributed by atoms with Gasteiger partial charge >= 0.3 is 6.03 Å². The summed E-state index contributed by atoms with van der Waals surface area (Å²) in [4.78, 5) is 40.4. The third-order valence-corrected chi connectivity index (χ3v) is 5.12. The van der Waals surface area contributed by atoms with Crippen LogP contribution in [-0.4, -0.2) is 35.8 Å². The number of imide groups is 2. The number of halogens is 1. The molecule has 2 fully saturated rings. The van der Waals surface area contributed by atoms with E-state index in [1.165, 1.54) is 43.2 Å². The summed E-state index contributed by atoms with van der Waals surface area (Å²) in [5.74, 6) is -1.80. The molecule has 0 atom stereocenters. The van der Waals surface area contributed by atoms with Crippen LogP contribution >= 0.6 is 0 Å². The predicted octanol–water partition coefficient (Wildman–Crippen LogP) is 3.09. The van der Waals surface area contributed by atoms with Crippen LogP contribution in [0.1, 0.15) is 24.0 Å². The maximum Gasteiger partial charge on any atom is 0.331 e. The number of carbonyl (C=O) groups is 3. The molecular weight excluding hydrogens is 373 g/mol. The van der Waals surface area contributed by atoms with Gasteiger partial charge in [-0.25, -0.2) is 9.18 Å². The molecule has 2 heterocycles. The standard InChI is InChI=1S/C22H20FN3O3/c23-17-7-3-16(4-8-17)14-26-21(28)19(20(27)24-22(26)29)13-15-5-9-18(10-6-15)25-11-1-2-12-25/h3-10,13H,1-2,11-12,14H2,(H,24,27,29)/b19-13+. The quantitative estimate of drug-likeness (QED) is 0.640. The van der Waals surface area contributed by atoms with Gasteiger partial charge in [-0.3, -0.25) is 19.8 Å². The first-order chi connectivity index (χ1) is 14.0. The van der Waals surface area contributed by atoms with E-state index in [4.69, 9.17) is 0 Å². The molecule has 0 spiro atoms. The van der Waals surface area contributed by atoms with E-state index >= 15 is 0 Å². The molecule has 4 rings (SSSR count). The zero-order valence-electron chi connectivity index (χ0n) is 15.7. The van der Waals surface area contributed by atoms with E-state index in [2.05, 4.69) is 10.2 Å². The molecule has 2 aromatic rings. The summed E-state index contributed by atoms with van der Waals surface area (Å²) in [6, 6.07) is 12.3. The summed E-state index contributed by atoms with van der Waals surface area (Å²) in [6.07, 6.45) is 3.84. The summed E-state index contributed by atoms with van der Waals surface area (Å²) in [5.41, 5.74) is 2.28. The van der Waals surface area contributed by atoms with Crippen LogP contribution in [0.2, 0.25) is 0 Å². The summed E-state index contributed by atoms with van der Waals surface area (Å²) in [5, 5.41) is 2.19. The maximum atomic E-state index is 13.1. The third kappa shape index (κ3) is 4.03. The van der Waals surface area contributed by atoms with Crippen molar-refractivity contribution in [3.63, 3.8) is 0 Å². The summed E-state index contributed by atoms with van der Waals surface area (Å²) >= 11 is 0. The Morgan fingerprint density at radius 1 is 0.931 bits per heavy atom. The minimum Gasteiger partial charge on any atom is -0.372 e. The second-order valence-electron chi connectivity index (χ2n) is 7.12. The Bertz CT molecular complexity index is 977. The zero-order valence-corrected chi connectivity index (χ0v) is 15.7. The highest BCUT2D eigenvalue weighted by Crippen LogP contribution is 2.22. The van der Waals surface area contributed by atoms with Crippen molar-refractivity contribution in [1.29, 1.82) is 0 Å². The van der Waals surface area contributed by atoms with Crippen molar-refractivity contribution in [3.05, 3.63) is 71.0 Å². The van der Waals surface area contributed by atoms with Gasteiger partial charge in [0.15, 0.2) is 0 Å². The van der Waals surface area contributed by atoms with E-state index in [1.807, 2.05) is 24.3 Å². The van der Waals surface area contributed by atoms with Gasteiger partial charge in [-0.2, -0.15) is 0 Å². The molecular formula is C22H20FN3O3. The number of hydrogen-bond donors (Lipinski definition) is 1. The number of carbonyl (C=O) groups excluding carboxylic acids is 3. The lowest BCUT2D eigenvalue weighted by atomic mass is 10.1. The Balaban J connectivity index is 1.55. The lowest BCUT2D eigenvalue weighted by Gasteiger charge is -2.26. The predicted molar refractivity (Wildman–Crippen MR) is 106 cm³/mol. The summed E-state index contributed by atoms with van der Waals surface area (Å²) in [7, 11) is 0. The first-order valence-corrected chi connectivity index (χ1v) is 9.49. The molecule has 0 aliphatic carbocycles. The topological polar surface area (TPSA) is 69.7 Å². The number of anilines is 1. The number of hydrogen-bond acceptors (Lipinski definition) is 4. The molecule has 148 valence electrons. The van der Waals surface area contributed by atoms with Gasteiger partial charge < -0.3 is 4.90 Å².